The maximum atomic E-state index is 2.40. The van der Waals surface area contributed by atoms with Crippen molar-refractivity contribution in [3.05, 3.63) is 108 Å². The van der Waals surface area contributed by atoms with E-state index in [9.17, 15) is 0 Å². The van der Waals surface area contributed by atoms with Crippen LogP contribution in [0, 0.1) is 0 Å². The summed E-state index contributed by atoms with van der Waals surface area (Å²) in [6, 6.07) is 33.2. The third-order valence-corrected chi connectivity index (χ3v) is 7.38. The first-order valence-electron chi connectivity index (χ1n) is 9.20. The lowest BCUT2D eigenvalue weighted by Gasteiger charge is -2.41. The van der Waals surface area contributed by atoms with Crippen molar-refractivity contribution in [1.29, 1.82) is 0 Å². The number of hydrogen-bond donors (Lipinski definition) is 0. The highest BCUT2D eigenvalue weighted by molar-refractivity contribution is 7.40. The molecule has 3 aromatic rings. The summed E-state index contributed by atoms with van der Waals surface area (Å²) in [7, 11) is 0.854. The van der Waals surface area contributed by atoms with Crippen LogP contribution in [0.15, 0.2) is 91.0 Å². The predicted octanol–water partition coefficient (Wildman–Crippen LogP) is 6.82. The fourth-order valence-electron chi connectivity index (χ4n) is 3.74. The van der Waals surface area contributed by atoms with E-state index in [0.29, 0.717) is 5.92 Å². The van der Waals surface area contributed by atoms with E-state index in [-0.39, 0.29) is 5.16 Å². The molecule has 0 aliphatic carbocycles. The van der Waals surface area contributed by atoms with Crippen LogP contribution < -0.4 is 0 Å². The van der Waals surface area contributed by atoms with Crippen molar-refractivity contribution >= 4 is 8.58 Å². The maximum Gasteiger partial charge on any atom is 0.0438 e. The van der Waals surface area contributed by atoms with Gasteiger partial charge in [0.2, 0.25) is 0 Å². The second kappa shape index (κ2) is 8.45. The van der Waals surface area contributed by atoms with Crippen molar-refractivity contribution in [3.63, 3.8) is 0 Å². The van der Waals surface area contributed by atoms with Crippen LogP contribution in [0.4, 0.5) is 0 Å². The van der Waals surface area contributed by atoms with E-state index >= 15 is 0 Å². The van der Waals surface area contributed by atoms with Crippen molar-refractivity contribution in [2.45, 2.75) is 31.3 Å². The molecule has 0 nitrogen and oxygen atoms in total. The standard InChI is InChI=1S/C24H27P/c1-3-19-25-24(22-15-9-5-10-16-22,23-17-11-6-12-18-23)20(2)21-13-7-4-8-14-21/h4-18,20,25H,3,19H2,1-2H3. The van der Waals surface area contributed by atoms with Crippen LogP contribution in [0.25, 0.3) is 0 Å². The molecule has 2 atom stereocenters. The number of benzene rings is 3. The molecule has 0 fully saturated rings. The van der Waals surface area contributed by atoms with Crippen LogP contribution in [0.5, 0.6) is 0 Å². The smallest absolute Gasteiger partial charge is 0.0438 e. The third kappa shape index (κ3) is 3.70. The maximum absolute atomic E-state index is 2.40. The molecule has 0 N–H and O–H groups in total. The number of hydrogen-bond acceptors (Lipinski definition) is 0. The van der Waals surface area contributed by atoms with Gasteiger partial charge in [-0.05, 0) is 28.8 Å². The summed E-state index contributed by atoms with van der Waals surface area (Å²) in [5.74, 6) is 0.420. The van der Waals surface area contributed by atoms with Gasteiger partial charge < -0.3 is 0 Å². The molecule has 2 unspecified atom stereocenters. The quantitative estimate of drug-likeness (QED) is 0.412. The molecule has 128 valence electrons. The summed E-state index contributed by atoms with van der Waals surface area (Å²) in [6.45, 7) is 4.69. The molecule has 0 saturated heterocycles. The Morgan fingerprint density at radius 2 is 1.16 bits per heavy atom. The summed E-state index contributed by atoms with van der Waals surface area (Å²) < 4.78 is 0. The molecular formula is C24H27P. The zero-order valence-corrected chi connectivity index (χ0v) is 16.2. The van der Waals surface area contributed by atoms with Crippen LogP contribution in [-0.4, -0.2) is 6.16 Å². The highest BCUT2D eigenvalue weighted by Gasteiger charge is 2.39. The first kappa shape index (κ1) is 17.9. The Labute approximate surface area is 154 Å². The summed E-state index contributed by atoms with van der Waals surface area (Å²) in [6.07, 6.45) is 2.47. The number of rotatable bonds is 7. The van der Waals surface area contributed by atoms with Crippen LogP contribution in [0.3, 0.4) is 0 Å². The van der Waals surface area contributed by atoms with Gasteiger partial charge in [-0.15, -0.1) is 8.58 Å². The molecule has 0 aliphatic rings. The second-order valence-electron chi connectivity index (χ2n) is 6.60. The van der Waals surface area contributed by atoms with Gasteiger partial charge in [0.05, 0.1) is 0 Å². The van der Waals surface area contributed by atoms with Gasteiger partial charge in [0.1, 0.15) is 0 Å². The summed E-state index contributed by atoms with van der Waals surface area (Å²) in [4.78, 5) is 0. The van der Waals surface area contributed by atoms with Gasteiger partial charge in [0.15, 0.2) is 0 Å². The molecule has 1 heteroatoms. The van der Waals surface area contributed by atoms with Crippen molar-refractivity contribution < 1.29 is 0 Å². The van der Waals surface area contributed by atoms with Gasteiger partial charge in [-0.2, -0.15) is 0 Å². The predicted molar refractivity (Wildman–Crippen MR) is 112 cm³/mol. The van der Waals surface area contributed by atoms with Gasteiger partial charge in [0, 0.05) is 5.16 Å². The Hall–Kier alpha value is -1.91. The molecule has 25 heavy (non-hydrogen) atoms. The molecule has 0 radical (unpaired) electrons. The highest BCUT2D eigenvalue weighted by Crippen LogP contribution is 2.56. The minimum atomic E-state index is 0.0277. The summed E-state index contributed by atoms with van der Waals surface area (Å²) in [5.41, 5.74) is 4.28. The molecule has 0 bridgehead atoms. The third-order valence-electron chi connectivity index (χ3n) is 5.06. The molecular weight excluding hydrogens is 319 g/mol. The van der Waals surface area contributed by atoms with Gasteiger partial charge >= 0.3 is 0 Å². The second-order valence-corrected chi connectivity index (χ2v) is 8.24. The molecule has 0 spiro atoms. The van der Waals surface area contributed by atoms with Crippen LogP contribution >= 0.6 is 8.58 Å². The zero-order chi connectivity index (χ0) is 17.5. The van der Waals surface area contributed by atoms with E-state index in [4.69, 9.17) is 0 Å². The highest BCUT2D eigenvalue weighted by atomic mass is 31.1. The van der Waals surface area contributed by atoms with E-state index < -0.39 is 0 Å². The molecule has 0 heterocycles. The lowest BCUT2D eigenvalue weighted by molar-refractivity contribution is 0.596. The van der Waals surface area contributed by atoms with Crippen LogP contribution in [0.2, 0.25) is 0 Å². The normalized spacial score (nSPS) is 13.2. The van der Waals surface area contributed by atoms with Crippen molar-refractivity contribution in [2.75, 3.05) is 6.16 Å². The summed E-state index contributed by atoms with van der Waals surface area (Å²) >= 11 is 0. The van der Waals surface area contributed by atoms with Crippen molar-refractivity contribution in [2.24, 2.45) is 0 Å². The van der Waals surface area contributed by atoms with E-state index in [1.807, 2.05) is 0 Å². The largest absolute Gasteiger partial charge is 0.106 e. The van der Waals surface area contributed by atoms with E-state index in [0.717, 1.165) is 8.58 Å². The van der Waals surface area contributed by atoms with Gasteiger partial charge in [0.25, 0.3) is 0 Å². The molecule has 0 amide bonds. The molecule has 0 saturated carbocycles. The van der Waals surface area contributed by atoms with Gasteiger partial charge in [-0.3, -0.25) is 0 Å². The van der Waals surface area contributed by atoms with E-state index in [1.165, 1.54) is 29.3 Å². The molecule has 0 aliphatic heterocycles. The molecule has 0 aromatic heterocycles. The minimum absolute atomic E-state index is 0.0277. The zero-order valence-electron chi connectivity index (χ0n) is 15.2. The SMILES string of the molecule is CCCPC(c1ccccc1)(c1ccccc1)C(C)c1ccccc1. The Bertz CT molecular complexity index is 710. The molecule has 3 rings (SSSR count). The average molecular weight is 346 g/mol. The van der Waals surface area contributed by atoms with E-state index in [2.05, 4.69) is 105 Å². The van der Waals surface area contributed by atoms with Crippen molar-refractivity contribution in [1.82, 2.24) is 0 Å². The first-order valence-corrected chi connectivity index (χ1v) is 10.4. The Morgan fingerprint density at radius 1 is 0.720 bits per heavy atom. The topological polar surface area (TPSA) is 0 Å². The fraction of sp³-hybridized carbons (Fsp3) is 0.250. The lowest BCUT2D eigenvalue weighted by atomic mass is 9.77. The average Bonchev–Trinajstić information content (AvgIpc) is 2.71. The van der Waals surface area contributed by atoms with Crippen molar-refractivity contribution in [3.8, 4) is 0 Å². The Balaban J connectivity index is 2.21. The van der Waals surface area contributed by atoms with E-state index in [1.54, 1.807) is 0 Å². The minimum Gasteiger partial charge on any atom is -0.106 e. The first-order chi connectivity index (χ1) is 12.3. The monoisotopic (exact) mass is 346 g/mol. The lowest BCUT2D eigenvalue weighted by Crippen LogP contribution is -2.29. The van der Waals surface area contributed by atoms with Gasteiger partial charge in [-0.1, -0.05) is 111 Å². The fourth-order valence-corrected chi connectivity index (χ4v) is 5.60. The molecule has 3 aromatic carbocycles. The van der Waals surface area contributed by atoms with Gasteiger partial charge in [-0.25, -0.2) is 0 Å². The Kier molecular flexibility index (Phi) is 6.05. The Morgan fingerprint density at radius 3 is 1.60 bits per heavy atom. The van der Waals surface area contributed by atoms with Crippen LogP contribution in [0.1, 0.15) is 42.9 Å². The van der Waals surface area contributed by atoms with Crippen LogP contribution in [-0.2, 0) is 5.16 Å². The summed E-state index contributed by atoms with van der Waals surface area (Å²) in [5, 5.41) is 0.0277.